The van der Waals surface area contributed by atoms with Crippen molar-refractivity contribution in [3.8, 4) is 0 Å². The van der Waals surface area contributed by atoms with Crippen LogP contribution in [-0.4, -0.2) is 90.6 Å². The molecule has 0 bridgehead atoms. The van der Waals surface area contributed by atoms with E-state index in [0.717, 1.165) is 17.1 Å². The maximum Gasteiger partial charge on any atom is 0.292 e. The fourth-order valence-corrected chi connectivity index (χ4v) is 7.95. The number of nitrogen functional groups attached to an aromatic ring is 1. The Balaban J connectivity index is 1.21. The third-order valence-corrected chi connectivity index (χ3v) is 10.6. The number of ether oxygens (including phenoxy) is 2. The molecule has 2 fully saturated rings. The van der Waals surface area contributed by atoms with Crippen molar-refractivity contribution in [2.75, 3.05) is 18.9 Å². The monoisotopic (exact) mass is 818 g/mol. The number of pyridine rings is 1. The third kappa shape index (κ3) is 8.57. The van der Waals surface area contributed by atoms with Crippen molar-refractivity contribution in [3.63, 3.8) is 0 Å². The number of phosphoric acid groups is 3. The van der Waals surface area contributed by atoms with Crippen LogP contribution in [0.15, 0.2) is 35.6 Å². The predicted molar refractivity (Wildman–Crippen MR) is 149 cm³/mol. The molecule has 6 unspecified atom stereocenters. The number of fused-ring (bicyclic) bond motifs is 1. The van der Waals surface area contributed by atoms with E-state index < -0.39 is 91.7 Å². The van der Waals surface area contributed by atoms with Gasteiger partial charge in [-0.15, -0.1) is 0 Å². The van der Waals surface area contributed by atoms with E-state index in [0.29, 0.717) is 0 Å². The molecule has 0 aromatic carbocycles. The van der Waals surface area contributed by atoms with E-state index in [4.69, 9.17) is 20.9 Å². The zero-order valence-electron chi connectivity index (χ0n) is 24.1. The number of phosphoric ester groups is 3. The number of carbonyl (C=O) groups is 1. The second-order valence-corrected chi connectivity index (χ2v) is 15.0. The Hall–Kier alpha value is -2.38. The van der Waals surface area contributed by atoms with Gasteiger partial charge in [-0.25, -0.2) is 19.3 Å². The molecule has 5 heterocycles. The molecule has 3 aromatic heterocycles. The van der Waals surface area contributed by atoms with E-state index in [1.54, 1.807) is 0 Å². The topological polar surface area (TPSA) is 376 Å². The molecule has 2 aliphatic heterocycles. The molecular formula is C21H24BrN7O17P3-3. The summed E-state index contributed by atoms with van der Waals surface area (Å²) in [5, 5.41) is 31.7. The highest BCUT2D eigenvalue weighted by atomic mass is 79.9. The second kappa shape index (κ2) is 14.3. The van der Waals surface area contributed by atoms with Gasteiger partial charge in [-0.3, -0.25) is 18.5 Å². The summed E-state index contributed by atoms with van der Waals surface area (Å²) in [5.74, 6) is -0.930. The first-order valence-corrected chi connectivity index (χ1v) is 18.6. The van der Waals surface area contributed by atoms with Gasteiger partial charge in [0.05, 0.1) is 21.0 Å². The number of hydrogen-bond donors (Lipinski definition) is 5. The Morgan fingerprint density at radius 2 is 1.65 bits per heavy atom. The standard InChI is InChI=1S/C21H27BrN7O17P3/c22-21-27-11-16(23)25-7-26-18(11)29(21)19-14(32)12(30)9(43-19)5-41-48(37,38)46-49(39,40)42-6-10-13(31)15(45-47(34,35)36)20(44-10)28-3-1-2-8(4-28)17(24)33/h1-4,7,9-10,12-15,19-20,30-32H,5-6H2,(H7-,23,24,25,26,33,34,35,36,37,38,39,40)/p-3/t9-,10-,12+,13+,14?,15?,19?,20?/m1/s1. The van der Waals surface area contributed by atoms with E-state index >= 15 is 0 Å². The van der Waals surface area contributed by atoms with Crippen molar-refractivity contribution in [1.29, 1.82) is 0 Å². The summed E-state index contributed by atoms with van der Waals surface area (Å²) in [6.45, 7) is -2.29. The molecule has 0 radical (unpaired) electrons. The minimum absolute atomic E-state index is 0.0161. The minimum atomic E-state index is -5.87. The lowest BCUT2D eigenvalue weighted by Crippen LogP contribution is -2.48. The van der Waals surface area contributed by atoms with Gasteiger partial charge in [0.25, 0.3) is 27.8 Å². The van der Waals surface area contributed by atoms with Crippen molar-refractivity contribution < 1.29 is 85.3 Å². The number of amides is 1. The molecule has 0 saturated carbocycles. The summed E-state index contributed by atoms with van der Waals surface area (Å²) in [4.78, 5) is 70.9. The maximum absolute atomic E-state index is 12.4. The summed E-state index contributed by atoms with van der Waals surface area (Å²) >= 11 is 3.15. The van der Waals surface area contributed by atoms with Crippen LogP contribution in [0.25, 0.3) is 11.2 Å². The Morgan fingerprint density at radius 3 is 2.27 bits per heavy atom. The Kier molecular flexibility index (Phi) is 11.1. The maximum atomic E-state index is 12.4. The molecule has 2 aliphatic rings. The van der Waals surface area contributed by atoms with E-state index in [9.17, 15) is 53.4 Å². The number of anilines is 1. The normalized spacial score (nSPS) is 30.0. The van der Waals surface area contributed by atoms with Gasteiger partial charge in [-0.05, 0) is 22.0 Å². The summed E-state index contributed by atoms with van der Waals surface area (Å²) in [5.41, 5.74) is 11.1. The first kappa shape index (κ1) is 37.9. The zero-order valence-corrected chi connectivity index (χ0v) is 28.4. The van der Waals surface area contributed by atoms with Gasteiger partial charge in [0, 0.05) is 6.07 Å². The van der Waals surface area contributed by atoms with Gasteiger partial charge >= 0.3 is 0 Å². The molecule has 3 aromatic rings. The van der Waals surface area contributed by atoms with Crippen LogP contribution in [0.4, 0.5) is 5.82 Å². The number of carbonyl (C=O) groups excluding carboxylic acids is 1. The molecule has 2 saturated heterocycles. The molecule has 10 atom stereocenters. The molecule has 0 aliphatic carbocycles. The molecule has 1 amide bonds. The number of halogens is 1. The molecule has 24 nitrogen and oxygen atoms in total. The first-order chi connectivity index (χ1) is 22.8. The summed E-state index contributed by atoms with van der Waals surface area (Å²) in [6.07, 6.45) is -10.6. The minimum Gasteiger partial charge on any atom is -0.790 e. The third-order valence-electron chi connectivity index (χ3n) is 7.01. The van der Waals surface area contributed by atoms with Gasteiger partial charge < -0.3 is 74.0 Å². The summed E-state index contributed by atoms with van der Waals surface area (Å²) in [6, 6.07) is 2.55. The van der Waals surface area contributed by atoms with E-state index in [1.165, 1.54) is 22.9 Å². The lowest BCUT2D eigenvalue weighted by atomic mass is 10.1. The fourth-order valence-electron chi connectivity index (χ4n) is 4.86. The van der Waals surface area contributed by atoms with E-state index in [-0.39, 0.29) is 27.3 Å². The van der Waals surface area contributed by atoms with Crippen LogP contribution in [0.2, 0.25) is 0 Å². The molecular weight excluding hydrogens is 795 g/mol. The van der Waals surface area contributed by atoms with Gasteiger partial charge in [0.1, 0.15) is 42.4 Å². The average Bonchev–Trinajstić information content (AvgIpc) is 3.60. The van der Waals surface area contributed by atoms with Gasteiger partial charge in [0.2, 0.25) is 0 Å². The van der Waals surface area contributed by atoms with E-state index in [1.807, 2.05) is 0 Å². The Morgan fingerprint density at radius 1 is 1.02 bits per heavy atom. The molecule has 0 spiro atoms. The Bertz CT molecular complexity index is 1870. The molecule has 28 heteroatoms. The van der Waals surface area contributed by atoms with Crippen LogP contribution < -0.4 is 35.6 Å². The SMILES string of the molecule is NC(=O)c1ccc[n+](C2O[C@H](COP(=O)([O-])OP(=O)([O-])OC[C@H]3OC(n4c(Br)nc5c(N)ncnc54)C(O)[C@H]3O)[C@H](O)C2OP(=O)([O-])[O-])c1. The van der Waals surface area contributed by atoms with E-state index in [2.05, 4.69) is 48.8 Å². The highest BCUT2D eigenvalue weighted by Crippen LogP contribution is 2.56. The smallest absolute Gasteiger partial charge is 0.292 e. The van der Waals surface area contributed by atoms with Crippen molar-refractivity contribution in [1.82, 2.24) is 19.5 Å². The fraction of sp³-hybridized carbons (Fsp3) is 0.476. The molecule has 7 N–H and O–H groups in total. The number of nitrogens with zero attached hydrogens (tertiary/aromatic N) is 5. The highest BCUT2D eigenvalue weighted by Gasteiger charge is 2.51. The second-order valence-electron chi connectivity index (χ2n) is 10.3. The number of aliphatic hydroxyl groups is 3. The molecule has 270 valence electrons. The molecule has 49 heavy (non-hydrogen) atoms. The number of primary amides is 1. The number of nitrogens with two attached hydrogens (primary N) is 2. The molecule has 5 rings (SSSR count). The number of rotatable bonds is 13. The lowest BCUT2D eigenvalue weighted by Gasteiger charge is -2.33. The van der Waals surface area contributed by atoms with Gasteiger partial charge in [-0.2, -0.15) is 4.57 Å². The summed E-state index contributed by atoms with van der Waals surface area (Å²) < 4.78 is 66.8. The number of hydrogen-bond acceptors (Lipinski definition) is 21. The van der Waals surface area contributed by atoms with Gasteiger partial charge in [-0.1, -0.05) is 0 Å². The number of aromatic nitrogens is 5. The number of aliphatic hydroxyl groups excluding tert-OH is 3. The van der Waals surface area contributed by atoms with Crippen molar-refractivity contribution >= 4 is 62.3 Å². The number of imidazole rings is 1. The van der Waals surface area contributed by atoms with Crippen LogP contribution in [0.1, 0.15) is 22.8 Å². The van der Waals surface area contributed by atoms with Crippen molar-refractivity contribution in [2.24, 2.45) is 5.73 Å². The first-order valence-electron chi connectivity index (χ1n) is 13.4. The highest BCUT2D eigenvalue weighted by molar-refractivity contribution is 9.10. The average molecular weight is 819 g/mol. The van der Waals surface area contributed by atoms with Gasteiger partial charge in [0.15, 0.2) is 46.4 Å². The van der Waals surface area contributed by atoms with Crippen LogP contribution in [0.3, 0.4) is 0 Å². The van der Waals surface area contributed by atoms with Crippen molar-refractivity contribution in [2.45, 2.75) is 49.1 Å². The van der Waals surface area contributed by atoms with Crippen LogP contribution in [0.5, 0.6) is 0 Å². The van der Waals surface area contributed by atoms with Crippen LogP contribution in [-0.2, 0) is 41.1 Å². The largest absolute Gasteiger partial charge is 0.790 e. The van der Waals surface area contributed by atoms with Crippen molar-refractivity contribution in [3.05, 3.63) is 41.2 Å². The zero-order chi connectivity index (χ0) is 36.1. The van der Waals surface area contributed by atoms with Crippen LogP contribution >= 0.6 is 39.4 Å². The summed E-state index contributed by atoms with van der Waals surface area (Å²) in [7, 11) is -17.5. The van der Waals surface area contributed by atoms with Crippen LogP contribution in [0, 0.1) is 0 Å². The predicted octanol–water partition coefficient (Wildman–Crippen LogP) is -4.66. The lowest BCUT2D eigenvalue weighted by molar-refractivity contribution is -0.765. The quantitative estimate of drug-likeness (QED) is 0.0615. The Labute approximate surface area is 281 Å².